The fourth-order valence-corrected chi connectivity index (χ4v) is 4.57. The van der Waals surface area contributed by atoms with Gasteiger partial charge in [0.1, 0.15) is 18.0 Å². The van der Waals surface area contributed by atoms with Crippen LogP contribution in [0.4, 0.5) is 0 Å². The van der Waals surface area contributed by atoms with Crippen LogP contribution in [0.5, 0.6) is 11.5 Å². The van der Waals surface area contributed by atoms with Gasteiger partial charge >= 0.3 is 5.97 Å². The lowest BCUT2D eigenvalue weighted by atomic mass is 10.1. The average molecular weight is 493 g/mol. The Morgan fingerprint density at radius 3 is 2.29 bits per heavy atom. The standard InChI is InChI=1S/C23H28N2O8S/c1-5-25(6-2)34(29,30)18-9-7-8-16(12-18)23(28)24-14-22(27)33-15-20(26)19-11-10-17(31-3)13-21(19)32-4/h7-13H,5-6,14-15H2,1-4H3,(H,24,28). The van der Waals surface area contributed by atoms with Crippen molar-refractivity contribution in [3.05, 3.63) is 53.6 Å². The number of methoxy groups -OCH3 is 2. The van der Waals surface area contributed by atoms with Crippen molar-refractivity contribution in [1.82, 2.24) is 9.62 Å². The Hall–Kier alpha value is -3.44. The predicted molar refractivity (Wildman–Crippen MR) is 124 cm³/mol. The quantitative estimate of drug-likeness (QED) is 0.351. The summed E-state index contributed by atoms with van der Waals surface area (Å²) in [5.41, 5.74) is 0.284. The van der Waals surface area contributed by atoms with Gasteiger partial charge in [0, 0.05) is 24.7 Å². The molecule has 0 spiro atoms. The van der Waals surface area contributed by atoms with Gasteiger partial charge in [0.25, 0.3) is 5.91 Å². The molecule has 11 heteroatoms. The number of esters is 1. The molecule has 0 aliphatic carbocycles. The van der Waals surface area contributed by atoms with Gasteiger partial charge in [-0.15, -0.1) is 0 Å². The Bertz CT molecular complexity index is 1140. The van der Waals surface area contributed by atoms with E-state index < -0.39 is 40.8 Å². The van der Waals surface area contributed by atoms with E-state index in [1.54, 1.807) is 19.9 Å². The summed E-state index contributed by atoms with van der Waals surface area (Å²) in [6.45, 7) is 2.98. The monoisotopic (exact) mass is 492 g/mol. The zero-order valence-electron chi connectivity index (χ0n) is 19.5. The zero-order chi connectivity index (χ0) is 25.3. The van der Waals surface area contributed by atoms with Gasteiger partial charge in [-0.2, -0.15) is 4.31 Å². The van der Waals surface area contributed by atoms with Gasteiger partial charge in [-0.3, -0.25) is 14.4 Å². The highest BCUT2D eigenvalue weighted by atomic mass is 32.2. The molecule has 2 aromatic carbocycles. The van der Waals surface area contributed by atoms with Gasteiger partial charge in [-0.1, -0.05) is 19.9 Å². The molecule has 0 bridgehead atoms. The van der Waals surface area contributed by atoms with E-state index in [4.69, 9.17) is 14.2 Å². The summed E-state index contributed by atoms with van der Waals surface area (Å²) in [5, 5.41) is 2.36. The van der Waals surface area contributed by atoms with Crippen LogP contribution in [-0.4, -0.2) is 70.8 Å². The highest BCUT2D eigenvalue weighted by Gasteiger charge is 2.23. The summed E-state index contributed by atoms with van der Waals surface area (Å²) in [5.74, 6) is -1.21. The number of hydrogen-bond donors (Lipinski definition) is 1. The number of ketones is 1. The molecule has 0 saturated carbocycles. The van der Waals surface area contributed by atoms with Crippen molar-refractivity contribution in [1.29, 1.82) is 0 Å². The molecule has 1 N–H and O–H groups in total. The molecule has 2 aromatic rings. The number of benzene rings is 2. The summed E-state index contributed by atoms with van der Waals surface area (Å²) in [6.07, 6.45) is 0. The molecule has 10 nitrogen and oxygen atoms in total. The topological polar surface area (TPSA) is 128 Å². The Morgan fingerprint density at radius 2 is 1.68 bits per heavy atom. The molecule has 0 fully saturated rings. The minimum atomic E-state index is -3.74. The SMILES string of the molecule is CCN(CC)S(=O)(=O)c1cccc(C(=O)NCC(=O)OCC(=O)c2ccc(OC)cc2OC)c1. The van der Waals surface area contributed by atoms with E-state index in [2.05, 4.69) is 5.32 Å². The number of sulfonamides is 1. The van der Waals surface area contributed by atoms with Crippen LogP contribution in [0.3, 0.4) is 0 Å². The highest BCUT2D eigenvalue weighted by molar-refractivity contribution is 7.89. The van der Waals surface area contributed by atoms with Crippen molar-refractivity contribution in [2.45, 2.75) is 18.7 Å². The maximum absolute atomic E-state index is 12.7. The second kappa shape index (κ2) is 12.1. The number of hydrogen-bond acceptors (Lipinski definition) is 8. The van der Waals surface area contributed by atoms with E-state index in [-0.39, 0.29) is 21.8 Å². The fourth-order valence-electron chi connectivity index (χ4n) is 3.07. The van der Waals surface area contributed by atoms with Crippen LogP contribution in [-0.2, 0) is 19.6 Å². The molecule has 0 aromatic heterocycles. The number of amides is 1. The van der Waals surface area contributed by atoms with Crippen molar-refractivity contribution in [2.24, 2.45) is 0 Å². The molecular weight excluding hydrogens is 464 g/mol. The van der Waals surface area contributed by atoms with E-state index in [0.717, 1.165) is 0 Å². The molecule has 0 heterocycles. The normalized spacial score (nSPS) is 11.1. The summed E-state index contributed by atoms with van der Waals surface area (Å²) in [6, 6.07) is 10.1. The molecule has 0 aliphatic rings. The van der Waals surface area contributed by atoms with Crippen LogP contribution in [0, 0.1) is 0 Å². The van der Waals surface area contributed by atoms with Crippen molar-refractivity contribution in [2.75, 3.05) is 40.5 Å². The van der Waals surface area contributed by atoms with E-state index >= 15 is 0 Å². The van der Waals surface area contributed by atoms with Gasteiger partial charge in [-0.05, 0) is 30.3 Å². The number of Topliss-reactive ketones (excluding diaryl/α,β-unsaturated/α-hetero) is 1. The van der Waals surface area contributed by atoms with Gasteiger partial charge < -0.3 is 19.5 Å². The largest absolute Gasteiger partial charge is 0.497 e. The van der Waals surface area contributed by atoms with Crippen molar-refractivity contribution in [3.63, 3.8) is 0 Å². The maximum Gasteiger partial charge on any atom is 0.325 e. The van der Waals surface area contributed by atoms with Crippen LogP contribution in [0.15, 0.2) is 47.4 Å². The number of carbonyl (C=O) groups excluding carboxylic acids is 3. The minimum Gasteiger partial charge on any atom is -0.497 e. The van der Waals surface area contributed by atoms with Gasteiger partial charge in [0.15, 0.2) is 6.61 Å². The van der Waals surface area contributed by atoms with Crippen molar-refractivity contribution in [3.8, 4) is 11.5 Å². The third kappa shape index (κ3) is 6.55. The third-order valence-electron chi connectivity index (χ3n) is 4.91. The first-order valence-corrected chi connectivity index (χ1v) is 11.9. The van der Waals surface area contributed by atoms with Crippen molar-refractivity contribution >= 4 is 27.7 Å². The van der Waals surface area contributed by atoms with Crippen LogP contribution in [0.1, 0.15) is 34.6 Å². The smallest absolute Gasteiger partial charge is 0.325 e. The van der Waals surface area contributed by atoms with Gasteiger partial charge in [-0.25, -0.2) is 8.42 Å². The zero-order valence-corrected chi connectivity index (χ0v) is 20.3. The van der Waals surface area contributed by atoms with Crippen LogP contribution < -0.4 is 14.8 Å². The van der Waals surface area contributed by atoms with E-state index in [1.165, 1.54) is 54.9 Å². The molecule has 0 saturated heterocycles. The van der Waals surface area contributed by atoms with Crippen LogP contribution in [0.25, 0.3) is 0 Å². The number of ether oxygens (including phenoxy) is 3. The molecule has 2 rings (SSSR count). The number of nitrogens with zero attached hydrogens (tertiary/aromatic N) is 1. The Kier molecular flexibility index (Phi) is 9.58. The first-order chi connectivity index (χ1) is 16.2. The third-order valence-corrected chi connectivity index (χ3v) is 6.95. The van der Waals surface area contributed by atoms with E-state index in [0.29, 0.717) is 18.8 Å². The molecule has 1 amide bonds. The second-order valence-corrected chi connectivity index (χ2v) is 8.89. The lowest BCUT2D eigenvalue weighted by Gasteiger charge is -2.18. The maximum atomic E-state index is 12.7. The number of nitrogens with one attached hydrogen (secondary N) is 1. The average Bonchev–Trinajstić information content (AvgIpc) is 2.85. The first kappa shape index (κ1) is 26.8. The van der Waals surface area contributed by atoms with Crippen LogP contribution >= 0.6 is 0 Å². The number of carbonyl (C=O) groups is 3. The Balaban J connectivity index is 1.96. The molecule has 0 unspecified atom stereocenters. The predicted octanol–water partition coefficient (Wildman–Crippen LogP) is 1.89. The summed E-state index contributed by atoms with van der Waals surface area (Å²) in [7, 11) is -0.860. The van der Waals surface area contributed by atoms with Gasteiger partial charge in [0.05, 0.1) is 24.7 Å². The summed E-state index contributed by atoms with van der Waals surface area (Å²) in [4.78, 5) is 36.8. The highest BCUT2D eigenvalue weighted by Crippen LogP contribution is 2.25. The molecule has 0 atom stereocenters. The lowest BCUT2D eigenvalue weighted by molar-refractivity contribution is -0.141. The fraction of sp³-hybridized carbons (Fsp3) is 0.348. The molecule has 0 aliphatic heterocycles. The second-order valence-electron chi connectivity index (χ2n) is 6.95. The lowest BCUT2D eigenvalue weighted by Crippen LogP contribution is -2.32. The van der Waals surface area contributed by atoms with E-state index in [9.17, 15) is 22.8 Å². The first-order valence-electron chi connectivity index (χ1n) is 10.5. The van der Waals surface area contributed by atoms with Gasteiger partial charge in [0.2, 0.25) is 15.8 Å². The summed E-state index contributed by atoms with van der Waals surface area (Å²) < 4.78 is 41.8. The van der Waals surface area contributed by atoms with Crippen molar-refractivity contribution < 1.29 is 37.0 Å². The Labute approximate surface area is 198 Å². The van der Waals surface area contributed by atoms with E-state index in [1.807, 2.05) is 0 Å². The molecule has 0 radical (unpaired) electrons. The summed E-state index contributed by atoms with van der Waals surface area (Å²) >= 11 is 0. The Morgan fingerprint density at radius 1 is 0.971 bits per heavy atom. The molecular formula is C23H28N2O8S. The molecule has 34 heavy (non-hydrogen) atoms. The van der Waals surface area contributed by atoms with Crippen LogP contribution in [0.2, 0.25) is 0 Å². The number of rotatable bonds is 12. The molecule has 184 valence electrons. The minimum absolute atomic E-state index is 0.0227.